The van der Waals surface area contributed by atoms with Gasteiger partial charge < -0.3 is 9.84 Å². The van der Waals surface area contributed by atoms with Crippen molar-refractivity contribution in [3.63, 3.8) is 0 Å². The number of hydrogen-bond acceptors (Lipinski definition) is 6. The van der Waals surface area contributed by atoms with Crippen LogP contribution in [0, 0.1) is 6.92 Å². The third-order valence-corrected chi connectivity index (χ3v) is 5.73. The number of aromatic carboxylic acids is 1. The number of aromatic nitrogens is 2. The highest BCUT2D eigenvalue weighted by Gasteiger charge is 2.21. The number of hydrogen-bond donors (Lipinski definition) is 1. The van der Waals surface area contributed by atoms with Crippen molar-refractivity contribution in [1.82, 2.24) is 9.55 Å². The van der Waals surface area contributed by atoms with Gasteiger partial charge in [-0.15, -0.1) is 11.3 Å². The molecular weight excluding hydrogens is 380 g/mol. The van der Waals surface area contributed by atoms with E-state index in [1.807, 2.05) is 24.3 Å². The molecular formula is C20H20N2O5S. The minimum Gasteiger partial charge on any atom is -0.496 e. The number of fused-ring (bicyclic) bond motifs is 1. The van der Waals surface area contributed by atoms with Crippen LogP contribution in [0.2, 0.25) is 0 Å². The molecule has 0 amide bonds. The van der Waals surface area contributed by atoms with E-state index >= 15 is 0 Å². The Kier molecular flexibility index (Phi) is 5.60. The smallest absolute Gasteiger partial charge is 0.346 e. The van der Waals surface area contributed by atoms with Gasteiger partial charge in [0.15, 0.2) is 0 Å². The molecule has 7 nitrogen and oxygen atoms in total. The van der Waals surface area contributed by atoms with E-state index in [1.165, 1.54) is 11.5 Å². The number of nitrogens with zero attached hydrogens (tertiary/aromatic N) is 2. The number of carbonyl (C=O) groups excluding carboxylic acids is 1. The van der Waals surface area contributed by atoms with Crippen molar-refractivity contribution in [2.45, 2.75) is 33.2 Å². The molecule has 0 atom stereocenters. The number of benzene rings is 1. The fourth-order valence-electron chi connectivity index (χ4n) is 3.12. The number of Topliss-reactive ketones (excluding diaryl/α,β-unsaturated/α-hetero) is 1. The summed E-state index contributed by atoms with van der Waals surface area (Å²) in [5.74, 6) is 0.0231. The molecule has 0 aliphatic carbocycles. The molecule has 0 aliphatic heterocycles. The van der Waals surface area contributed by atoms with E-state index in [9.17, 15) is 19.5 Å². The summed E-state index contributed by atoms with van der Waals surface area (Å²) >= 11 is 0.992. The molecule has 28 heavy (non-hydrogen) atoms. The first kappa shape index (κ1) is 19.8. The molecule has 146 valence electrons. The van der Waals surface area contributed by atoms with Crippen molar-refractivity contribution in [3.05, 3.63) is 56.4 Å². The van der Waals surface area contributed by atoms with Gasteiger partial charge in [-0.3, -0.25) is 14.2 Å². The molecule has 0 aliphatic rings. The maximum absolute atomic E-state index is 13.2. The summed E-state index contributed by atoms with van der Waals surface area (Å²) < 4.78 is 6.86. The highest BCUT2D eigenvalue weighted by molar-refractivity contribution is 7.20. The van der Waals surface area contributed by atoms with Crippen molar-refractivity contribution < 1.29 is 19.4 Å². The highest BCUT2D eigenvalue weighted by Crippen LogP contribution is 2.28. The number of ether oxygens (including phenoxy) is 1. The van der Waals surface area contributed by atoms with Gasteiger partial charge in [0.05, 0.1) is 12.5 Å². The first-order chi connectivity index (χ1) is 13.3. The number of thiophene rings is 1. The molecule has 0 spiro atoms. The predicted molar refractivity (Wildman–Crippen MR) is 107 cm³/mol. The van der Waals surface area contributed by atoms with Crippen LogP contribution >= 0.6 is 11.3 Å². The van der Waals surface area contributed by atoms with Gasteiger partial charge in [0, 0.05) is 24.9 Å². The monoisotopic (exact) mass is 400 g/mol. The van der Waals surface area contributed by atoms with E-state index in [0.717, 1.165) is 16.9 Å². The molecule has 8 heteroatoms. The number of methoxy groups -OCH3 is 1. The number of rotatable bonds is 7. The lowest BCUT2D eigenvalue weighted by atomic mass is 10.1. The number of carboxylic acids is 1. The maximum atomic E-state index is 13.2. The molecule has 0 saturated heterocycles. The van der Waals surface area contributed by atoms with Gasteiger partial charge in [-0.1, -0.05) is 18.2 Å². The van der Waals surface area contributed by atoms with Gasteiger partial charge in [0.2, 0.25) is 0 Å². The average molecular weight is 400 g/mol. The van der Waals surface area contributed by atoms with E-state index in [1.54, 1.807) is 14.0 Å². The van der Waals surface area contributed by atoms with Crippen molar-refractivity contribution in [3.8, 4) is 5.75 Å². The molecule has 1 aromatic carbocycles. The summed E-state index contributed by atoms with van der Waals surface area (Å²) in [4.78, 5) is 41.2. The Labute approximate surface area is 165 Å². The molecule has 0 fully saturated rings. The zero-order valence-corrected chi connectivity index (χ0v) is 16.6. The Bertz CT molecular complexity index is 1130. The summed E-state index contributed by atoms with van der Waals surface area (Å²) in [5.41, 5.74) is 0.933. The minimum absolute atomic E-state index is 0.0384. The zero-order chi connectivity index (χ0) is 20.4. The maximum Gasteiger partial charge on any atom is 0.346 e. The molecule has 0 unspecified atom stereocenters. The van der Waals surface area contributed by atoms with Crippen molar-refractivity contribution in [2.75, 3.05) is 7.11 Å². The fraction of sp³-hybridized carbons (Fsp3) is 0.300. The molecule has 1 N–H and O–H groups in total. The second-order valence-electron chi connectivity index (χ2n) is 6.47. The summed E-state index contributed by atoms with van der Waals surface area (Å²) in [7, 11) is 1.57. The van der Waals surface area contributed by atoms with Gasteiger partial charge in [-0.25, -0.2) is 9.78 Å². The summed E-state index contributed by atoms with van der Waals surface area (Å²) in [5, 5.41) is 9.69. The van der Waals surface area contributed by atoms with Crippen molar-refractivity contribution in [2.24, 2.45) is 0 Å². The molecule has 2 heterocycles. The van der Waals surface area contributed by atoms with E-state index in [0.29, 0.717) is 33.8 Å². The van der Waals surface area contributed by atoms with E-state index in [4.69, 9.17) is 4.74 Å². The standard InChI is InChI=1S/C20H20N2O5S/c1-11(23)8-9-22-15(10-13-6-4-5-7-14(13)27-3)21-18-16(19(22)24)12(2)17(28-18)20(25)26/h4-7H,8-10H2,1-3H3,(H,25,26). The molecule has 0 bridgehead atoms. The first-order valence-electron chi connectivity index (χ1n) is 8.71. The Morgan fingerprint density at radius 3 is 2.64 bits per heavy atom. The number of carbonyl (C=O) groups is 2. The van der Waals surface area contributed by atoms with E-state index in [2.05, 4.69) is 4.98 Å². The minimum atomic E-state index is -1.08. The van der Waals surface area contributed by atoms with Crippen LogP contribution in [0.1, 0.15) is 40.0 Å². The number of ketones is 1. The normalized spacial score (nSPS) is 11.0. The predicted octanol–water partition coefficient (Wildman–Crippen LogP) is 3.04. The SMILES string of the molecule is COc1ccccc1Cc1nc2sc(C(=O)O)c(C)c2c(=O)n1CCC(C)=O. The molecule has 3 aromatic rings. The Morgan fingerprint density at radius 2 is 2.00 bits per heavy atom. The van der Waals surface area contributed by atoms with Gasteiger partial charge in [0.1, 0.15) is 27.1 Å². The van der Waals surface area contributed by atoms with Crippen molar-refractivity contribution in [1.29, 1.82) is 0 Å². The second kappa shape index (κ2) is 7.93. The van der Waals surface area contributed by atoms with Crippen LogP contribution in [0.5, 0.6) is 5.75 Å². The molecule has 0 saturated carbocycles. The van der Waals surface area contributed by atoms with Crippen LogP contribution in [0.15, 0.2) is 29.1 Å². The van der Waals surface area contributed by atoms with E-state index < -0.39 is 5.97 Å². The quantitative estimate of drug-likeness (QED) is 0.655. The average Bonchev–Trinajstić information content (AvgIpc) is 2.98. The fourth-order valence-corrected chi connectivity index (χ4v) is 4.15. The lowest BCUT2D eigenvalue weighted by Crippen LogP contribution is -2.26. The van der Waals surface area contributed by atoms with Crippen LogP contribution in [0.25, 0.3) is 10.2 Å². The summed E-state index contributed by atoms with van der Waals surface area (Å²) in [6.45, 7) is 3.27. The third kappa shape index (κ3) is 3.68. The lowest BCUT2D eigenvalue weighted by Gasteiger charge is -2.14. The van der Waals surface area contributed by atoms with Crippen LogP contribution in [-0.2, 0) is 17.8 Å². The summed E-state index contributed by atoms with van der Waals surface area (Å²) in [6, 6.07) is 7.42. The van der Waals surface area contributed by atoms with Crippen molar-refractivity contribution >= 4 is 33.3 Å². The van der Waals surface area contributed by atoms with Crippen LogP contribution in [0.3, 0.4) is 0 Å². The van der Waals surface area contributed by atoms with E-state index in [-0.39, 0.29) is 29.2 Å². The van der Waals surface area contributed by atoms with Gasteiger partial charge in [0.25, 0.3) is 5.56 Å². The topological polar surface area (TPSA) is 98.5 Å². The highest BCUT2D eigenvalue weighted by atomic mass is 32.1. The van der Waals surface area contributed by atoms with Gasteiger partial charge in [-0.05, 0) is 25.5 Å². The van der Waals surface area contributed by atoms with Crippen LogP contribution in [0.4, 0.5) is 0 Å². The second-order valence-corrected chi connectivity index (χ2v) is 7.47. The number of aryl methyl sites for hydroxylation is 1. The largest absolute Gasteiger partial charge is 0.496 e. The first-order valence-corrected chi connectivity index (χ1v) is 9.52. The molecule has 3 rings (SSSR count). The van der Waals surface area contributed by atoms with Crippen LogP contribution < -0.4 is 10.3 Å². The summed E-state index contributed by atoms with van der Waals surface area (Å²) in [6.07, 6.45) is 0.521. The van der Waals surface area contributed by atoms with Gasteiger partial charge >= 0.3 is 5.97 Å². The Hall–Kier alpha value is -3.00. The lowest BCUT2D eigenvalue weighted by molar-refractivity contribution is -0.117. The Balaban J connectivity index is 2.21. The molecule has 0 radical (unpaired) electrons. The third-order valence-electron chi connectivity index (χ3n) is 4.55. The Morgan fingerprint density at radius 1 is 1.29 bits per heavy atom. The number of para-hydroxylation sites is 1. The van der Waals surface area contributed by atoms with Crippen LogP contribution in [-0.4, -0.2) is 33.5 Å². The molecule has 2 aromatic heterocycles. The zero-order valence-electron chi connectivity index (χ0n) is 15.8. The van der Waals surface area contributed by atoms with Gasteiger partial charge in [-0.2, -0.15) is 0 Å². The number of carboxylic acid groups (broad SMARTS) is 1.